The number of oxime groups is 1. The van der Waals surface area contributed by atoms with Gasteiger partial charge in [-0.2, -0.15) is 0 Å². The van der Waals surface area contributed by atoms with E-state index in [1.165, 1.54) is 35.2 Å². The highest BCUT2D eigenvalue weighted by molar-refractivity contribution is 8.00. The van der Waals surface area contributed by atoms with E-state index < -0.39 is 47.2 Å². The van der Waals surface area contributed by atoms with Gasteiger partial charge < -0.3 is 30.6 Å². The van der Waals surface area contributed by atoms with Crippen LogP contribution in [0, 0.1) is 5.41 Å². The highest BCUT2D eigenvalue weighted by atomic mass is 32.2. The Bertz CT molecular complexity index is 964. The predicted octanol–water partition coefficient (Wildman–Crippen LogP) is -0.724. The van der Waals surface area contributed by atoms with Gasteiger partial charge >= 0.3 is 11.9 Å². The second-order valence-electron chi connectivity index (χ2n) is 6.64. The number of nitrogen functional groups attached to an aromatic ring is 1. The summed E-state index contributed by atoms with van der Waals surface area (Å²) in [5, 5.41) is 17.0. The van der Waals surface area contributed by atoms with E-state index in [-0.39, 0.29) is 28.8 Å². The van der Waals surface area contributed by atoms with E-state index in [0.717, 1.165) is 11.3 Å². The van der Waals surface area contributed by atoms with Crippen LogP contribution in [0.3, 0.4) is 0 Å². The Hall–Kier alpha value is -3.13. The van der Waals surface area contributed by atoms with Crippen LogP contribution >= 0.6 is 23.1 Å². The molecule has 2 unspecified atom stereocenters. The third-order valence-electron chi connectivity index (χ3n) is 4.75. The Kier molecular flexibility index (Phi) is 6.50. The fraction of sp³-hybridized carbons (Fsp3) is 0.412. The van der Waals surface area contributed by atoms with E-state index in [4.69, 9.17) is 10.6 Å². The van der Waals surface area contributed by atoms with E-state index in [1.807, 2.05) is 0 Å². The minimum atomic E-state index is -1.24. The van der Waals surface area contributed by atoms with Gasteiger partial charge in [-0.3, -0.25) is 14.4 Å². The molecule has 0 aromatic carbocycles. The predicted molar refractivity (Wildman–Crippen MR) is 111 cm³/mol. The molecule has 3 rings (SSSR count). The maximum absolute atomic E-state index is 12.8. The third-order valence-corrected chi connectivity index (χ3v) is 6.98. The van der Waals surface area contributed by atoms with E-state index >= 15 is 0 Å². The summed E-state index contributed by atoms with van der Waals surface area (Å²) in [5.74, 6) is -2.74. The van der Waals surface area contributed by atoms with Gasteiger partial charge in [0.25, 0.3) is 5.91 Å². The number of carbonyl (C=O) groups excluding carboxylic acids is 3. The van der Waals surface area contributed by atoms with Gasteiger partial charge in [0.2, 0.25) is 12.5 Å². The number of nitrogens with two attached hydrogens (primary N) is 1. The van der Waals surface area contributed by atoms with Crippen molar-refractivity contribution in [1.82, 2.24) is 15.2 Å². The molecular weight excluding hydrogens is 450 g/mol. The lowest BCUT2D eigenvalue weighted by molar-refractivity contribution is -0.156. The fourth-order valence-electron chi connectivity index (χ4n) is 2.95. The number of aliphatic carboxylic acids is 1. The number of fused-ring (bicyclic) bond motifs is 1. The van der Waals surface area contributed by atoms with Gasteiger partial charge in [0.15, 0.2) is 10.8 Å². The molecule has 0 aliphatic carbocycles. The molecule has 0 spiro atoms. The fourth-order valence-corrected chi connectivity index (χ4v) is 5.04. The first-order valence-electron chi connectivity index (χ1n) is 8.80. The Balaban J connectivity index is 1.72. The van der Waals surface area contributed by atoms with Crippen LogP contribution in [0.15, 0.2) is 23.2 Å². The smallest absolute Gasteiger partial charge is 0.346 e. The number of esters is 1. The van der Waals surface area contributed by atoms with Gasteiger partial charge in [-0.1, -0.05) is 11.2 Å². The average molecular weight is 470 g/mol. The van der Waals surface area contributed by atoms with Crippen LogP contribution in [-0.4, -0.2) is 81.9 Å². The number of carbonyl (C=O) groups is 4. The molecule has 12 nitrogen and oxygen atoms in total. The molecule has 31 heavy (non-hydrogen) atoms. The molecule has 166 valence electrons. The number of β-lactam (4-membered cyclic amide) rings is 1. The zero-order valence-corrected chi connectivity index (χ0v) is 17.9. The quantitative estimate of drug-likeness (QED) is 0.145. The summed E-state index contributed by atoms with van der Waals surface area (Å²) in [6, 6.07) is -0.879. The molecule has 0 radical (unpaired) electrons. The highest BCUT2D eigenvalue weighted by Gasteiger charge is 2.56. The van der Waals surface area contributed by atoms with Gasteiger partial charge in [0, 0.05) is 17.7 Å². The molecule has 2 aliphatic rings. The molecule has 3 heterocycles. The molecule has 1 aromatic heterocycles. The lowest BCUT2D eigenvalue weighted by Crippen LogP contribution is -2.73. The Labute approximate surface area is 184 Å². The molecule has 2 aliphatic heterocycles. The third kappa shape index (κ3) is 4.34. The van der Waals surface area contributed by atoms with Crippen molar-refractivity contribution in [2.75, 3.05) is 31.7 Å². The molecule has 2 saturated heterocycles. The first-order valence-corrected chi connectivity index (χ1v) is 10.7. The van der Waals surface area contributed by atoms with Gasteiger partial charge in [0.1, 0.15) is 22.5 Å². The summed E-state index contributed by atoms with van der Waals surface area (Å²) in [4.78, 5) is 58.4. The number of nitrogens with one attached hydrogen (secondary N) is 1. The van der Waals surface area contributed by atoms with Gasteiger partial charge in [-0.05, 0) is 0 Å². The average Bonchev–Trinajstić information content (AvgIpc) is 3.19. The van der Waals surface area contributed by atoms with Crippen LogP contribution in [0.5, 0.6) is 0 Å². The first-order chi connectivity index (χ1) is 14.7. The summed E-state index contributed by atoms with van der Waals surface area (Å²) < 4.78 is 4.44. The van der Waals surface area contributed by atoms with Crippen molar-refractivity contribution in [3.05, 3.63) is 23.7 Å². The number of carboxylic acid groups (broad SMARTS) is 1. The molecule has 3 atom stereocenters. The van der Waals surface area contributed by atoms with Crippen LogP contribution in [0.1, 0.15) is 5.69 Å². The zero-order valence-electron chi connectivity index (χ0n) is 16.3. The second kappa shape index (κ2) is 8.93. The van der Waals surface area contributed by atoms with Crippen LogP contribution in [0.25, 0.3) is 0 Å². The van der Waals surface area contributed by atoms with Gasteiger partial charge in [-0.25, -0.2) is 9.78 Å². The number of hydrogen-bond donors (Lipinski definition) is 3. The van der Waals surface area contributed by atoms with Crippen molar-refractivity contribution in [3.8, 4) is 0 Å². The number of hydrogen-bond acceptors (Lipinski definition) is 11. The Morgan fingerprint density at radius 1 is 1.55 bits per heavy atom. The topological polar surface area (TPSA) is 174 Å². The molecular formula is C17H19N5O7S2. The van der Waals surface area contributed by atoms with E-state index in [9.17, 15) is 24.3 Å². The summed E-state index contributed by atoms with van der Waals surface area (Å²) in [6.45, 7) is 3.02. The highest BCUT2D eigenvalue weighted by Crippen LogP contribution is 2.42. The van der Waals surface area contributed by atoms with Crippen molar-refractivity contribution in [2.45, 2.75) is 11.4 Å². The molecule has 2 fully saturated rings. The van der Waals surface area contributed by atoms with E-state index in [0.29, 0.717) is 0 Å². The summed E-state index contributed by atoms with van der Waals surface area (Å²) in [6.07, 6.45) is 1.33. The van der Waals surface area contributed by atoms with Crippen molar-refractivity contribution in [3.63, 3.8) is 0 Å². The van der Waals surface area contributed by atoms with Crippen LogP contribution in [0.4, 0.5) is 5.13 Å². The zero-order chi connectivity index (χ0) is 22.8. The summed E-state index contributed by atoms with van der Waals surface area (Å²) in [5.41, 5.74) is 4.22. The Morgan fingerprint density at radius 3 is 2.87 bits per heavy atom. The van der Waals surface area contributed by atoms with Crippen molar-refractivity contribution < 1.29 is 33.9 Å². The summed E-state index contributed by atoms with van der Waals surface area (Å²) >= 11 is 2.31. The number of rotatable bonds is 8. The number of carboxylic acids is 1. The number of aromatic nitrogens is 1. The largest absolute Gasteiger partial charge is 0.481 e. The molecule has 14 heteroatoms. The van der Waals surface area contributed by atoms with Crippen molar-refractivity contribution in [1.29, 1.82) is 0 Å². The molecule has 0 bridgehead atoms. The minimum absolute atomic E-state index is 0.0273. The first kappa shape index (κ1) is 22.6. The van der Waals surface area contributed by atoms with Crippen molar-refractivity contribution >= 4 is 57.7 Å². The standard InChI is InChI=1S/C17H19N5O7S2/c1-3-17(15(26)27)6-22-13(25)11(14(22)31-7-17)20-12(24)10(8-5-30-16(18)19-8)21-29-4-9(23)28-2/h3,5,11,14H,1,4,6-7H2,2H3,(H2,18,19)(H,20,24)(H,26,27)/t11?,14-,17?/m1/s1. The summed E-state index contributed by atoms with van der Waals surface area (Å²) in [7, 11) is 1.17. The molecule has 2 amide bonds. The molecule has 4 N–H and O–H groups in total. The van der Waals surface area contributed by atoms with Crippen LogP contribution < -0.4 is 11.1 Å². The van der Waals surface area contributed by atoms with E-state index in [2.05, 4.69) is 26.8 Å². The number of methoxy groups -OCH3 is 1. The minimum Gasteiger partial charge on any atom is -0.481 e. The SMILES string of the molecule is C=CC1(C(=O)O)CS[C@@H]2C(NC(=O)C(=NOCC(=O)OC)c3csc(N)n3)C(=O)N2C1. The van der Waals surface area contributed by atoms with Crippen LogP contribution in [0.2, 0.25) is 0 Å². The molecule has 0 saturated carbocycles. The molecule has 1 aromatic rings. The van der Waals surface area contributed by atoms with Gasteiger partial charge in [-0.15, -0.1) is 29.7 Å². The van der Waals surface area contributed by atoms with Gasteiger partial charge in [0.05, 0.1) is 7.11 Å². The number of anilines is 1. The normalized spacial score (nSPS) is 25.1. The number of nitrogens with zero attached hydrogens (tertiary/aromatic N) is 3. The number of amides is 2. The maximum atomic E-state index is 12.8. The maximum Gasteiger partial charge on any atom is 0.346 e. The Morgan fingerprint density at radius 2 is 2.29 bits per heavy atom. The second-order valence-corrected chi connectivity index (χ2v) is 8.64. The lowest BCUT2D eigenvalue weighted by atomic mass is 9.87. The number of thioether (sulfide) groups is 1. The number of ether oxygens (including phenoxy) is 1. The van der Waals surface area contributed by atoms with Crippen LogP contribution in [-0.2, 0) is 28.8 Å². The number of thiazole rings is 1. The lowest BCUT2D eigenvalue weighted by Gasteiger charge is -2.53. The van der Waals surface area contributed by atoms with Crippen molar-refractivity contribution in [2.24, 2.45) is 10.6 Å². The van der Waals surface area contributed by atoms with E-state index in [1.54, 1.807) is 0 Å². The monoisotopic (exact) mass is 469 g/mol.